The Bertz CT molecular complexity index is 1750. The minimum absolute atomic E-state index is 0.0849. The van der Waals surface area contributed by atoms with E-state index in [1.807, 2.05) is 42.5 Å². The zero-order chi connectivity index (χ0) is 40.1. The molecule has 7 rings (SSSR count). The molecule has 1 amide bonds. The van der Waals surface area contributed by atoms with Gasteiger partial charge in [-0.1, -0.05) is 95.3 Å². The molecule has 1 heterocycles. The van der Waals surface area contributed by atoms with E-state index >= 15 is 0 Å². The molecule has 56 heavy (non-hydrogen) atoms. The second kappa shape index (κ2) is 18.2. The van der Waals surface area contributed by atoms with E-state index < -0.39 is 24.2 Å². The summed E-state index contributed by atoms with van der Waals surface area (Å²) in [4.78, 5) is 25.6. The summed E-state index contributed by atoms with van der Waals surface area (Å²) < 4.78 is 6.42. The van der Waals surface area contributed by atoms with Gasteiger partial charge in [0.1, 0.15) is 23.6 Å². The van der Waals surface area contributed by atoms with Gasteiger partial charge in [0.15, 0.2) is 0 Å². The number of carbonyl (C=O) groups is 1. The molecular weight excluding hydrogens is 701 g/mol. The molecule has 0 spiro atoms. The highest BCUT2D eigenvalue weighted by Crippen LogP contribution is 2.61. The predicted octanol–water partition coefficient (Wildman–Crippen LogP) is 8.20. The molecule has 1 unspecified atom stereocenters. The molecule has 4 fully saturated rings. The highest BCUT2D eigenvalue weighted by molar-refractivity contribution is 5.83. The molecule has 3 aromatic carbocycles. The summed E-state index contributed by atoms with van der Waals surface area (Å²) >= 11 is 0. The SMILES string of the molecule is CC(C)C[C@@H](CN(C)C)N(Cc1cccc(CN2OC(/C=C/O)[C@@H]([C@H](C)O)[C@H]2C(=O)N[C@H]2C[C@H]3C[C@@H]([C@@H]2C)C3(C)C)c1)Cc1ccccc1Oc1ccccc1. The maximum absolute atomic E-state index is 14.3. The van der Waals surface area contributed by atoms with E-state index in [4.69, 9.17) is 9.57 Å². The van der Waals surface area contributed by atoms with Gasteiger partial charge in [0.2, 0.25) is 5.91 Å². The van der Waals surface area contributed by atoms with Crippen LogP contribution in [0.4, 0.5) is 0 Å². The van der Waals surface area contributed by atoms with Crippen molar-refractivity contribution in [2.45, 2.75) is 111 Å². The zero-order valence-electron chi connectivity index (χ0n) is 34.8. The summed E-state index contributed by atoms with van der Waals surface area (Å²) in [5.74, 6) is 3.06. The van der Waals surface area contributed by atoms with Crippen LogP contribution in [0.15, 0.2) is 91.2 Å². The number of likely N-dealkylation sites (N-methyl/N-ethyl adjacent to an activating group) is 1. The molecule has 0 radical (unpaired) electrons. The lowest BCUT2D eigenvalue weighted by molar-refractivity contribution is -0.170. The zero-order valence-corrected chi connectivity index (χ0v) is 34.8. The van der Waals surface area contributed by atoms with Gasteiger partial charge < -0.3 is 25.2 Å². The van der Waals surface area contributed by atoms with Crippen molar-refractivity contribution < 1.29 is 24.6 Å². The smallest absolute Gasteiger partial charge is 0.240 e. The van der Waals surface area contributed by atoms with Crippen LogP contribution in [0.3, 0.4) is 0 Å². The normalized spacial score (nSPS) is 27.1. The molecule has 3 aliphatic carbocycles. The first kappa shape index (κ1) is 41.9. The van der Waals surface area contributed by atoms with Crippen molar-refractivity contribution in [1.82, 2.24) is 20.2 Å². The van der Waals surface area contributed by atoms with Gasteiger partial charge >= 0.3 is 0 Å². The number of ether oxygens (including phenoxy) is 1. The molecule has 3 N–H and O–H groups in total. The average molecular weight is 767 g/mol. The summed E-state index contributed by atoms with van der Waals surface area (Å²) in [6.45, 7) is 16.0. The minimum Gasteiger partial charge on any atom is -0.516 e. The van der Waals surface area contributed by atoms with E-state index in [9.17, 15) is 15.0 Å². The fourth-order valence-corrected chi connectivity index (χ4v) is 9.93. The Morgan fingerprint density at radius 2 is 1.71 bits per heavy atom. The number of carbonyl (C=O) groups excluding carboxylic acids is 1. The van der Waals surface area contributed by atoms with E-state index in [1.54, 1.807) is 12.0 Å². The maximum atomic E-state index is 14.3. The Hall–Kier alpha value is -3.73. The second-order valence-electron chi connectivity index (χ2n) is 18.1. The third-order valence-corrected chi connectivity index (χ3v) is 13.0. The van der Waals surface area contributed by atoms with Crippen LogP contribution >= 0.6 is 0 Å². The minimum atomic E-state index is -0.837. The van der Waals surface area contributed by atoms with Gasteiger partial charge in [0.05, 0.1) is 18.9 Å². The highest BCUT2D eigenvalue weighted by Gasteiger charge is 2.57. The van der Waals surface area contributed by atoms with Crippen LogP contribution in [0.2, 0.25) is 0 Å². The fraction of sp³-hybridized carbons (Fsp3) is 0.553. The van der Waals surface area contributed by atoms with Crippen molar-refractivity contribution in [1.29, 1.82) is 0 Å². The van der Waals surface area contributed by atoms with Crippen LogP contribution in [0.1, 0.15) is 77.5 Å². The van der Waals surface area contributed by atoms with Gasteiger partial charge in [-0.3, -0.25) is 14.5 Å². The molecule has 4 aliphatic rings. The van der Waals surface area contributed by atoms with Crippen molar-refractivity contribution in [2.24, 2.45) is 35.0 Å². The molecule has 2 bridgehead atoms. The fourth-order valence-electron chi connectivity index (χ4n) is 9.93. The van der Waals surface area contributed by atoms with Gasteiger partial charge in [-0.05, 0) is 105 Å². The highest BCUT2D eigenvalue weighted by atomic mass is 16.7. The predicted molar refractivity (Wildman–Crippen MR) is 223 cm³/mol. The standard InChI is InChI=1S/C47H66N4O5/c1-31(2)23-38(30-49(7)8)50(29-36-17-12-13-20-42(36)55-39-18-10-9-11-19-39)27-34-15-14-16-35(24-34)28-51-45(44(33(4)53)43(56-51)21-22-52)46(54)48-41-26-37-25-40(32(41)3)47(37,5)6/h9-22,24,31-33,37-38,40-41,43-45,52-53H,23,25-30H2,1-8H3,(H,48,54)/b22-21+/t32-,33-,37+,38-,40-,41-,43?,44+,45-/m0/s1. The van der Waals surface area contributed by atoms with Crippen LogP contribution in [-0.4, -0.2) is 82.0 Å². The first-order valence-corrected chi connectivity index (χ1v) is 20.7. The van der Waals surface area contributed by atoms with E-state index in [1.165, 1.54) is 12.5 Å². The molecule has 9 nitrogen and oxygen atoms in total. The third-order valence-electron chi connectivity index (χ3n) is 13.0. The molecule has 3 aromatic rings. The van der Waals surface area contributed by atoms with Gasteiger partial charge in [-0.25, -0.2) is 0 Å². The number of nitrogens with zero attached hydrogens (tertiary/aromatic N) is 3. The Morgan fingerprint density at radius 1 is 1.00 bits per heavy atom. The number of rotatable bonds is 17. The van der Waals surface area contributed by atoms with Gasteiger partial charge in [-0.15, -0.1) is 0 Å². The molecule has 9 atom stereocenters. The number of amides is 1. The molecule has 0 aromatic heterocycles. The molecular formula is C47H66N4O5. The van der Waals surface area contributed by atoms with Crippen LogP contribution in [-0.2, 0) is 29.3 Å². The first-order valence-electron chi connectivity index (χ1n) is 20.7. The van der Waals surface area contributed by atoms with Gasteiger partial charge in [0, 0.05) is 43.2 Å². The molecule has 1 saturated heterocycles. The summed E-state index contributed by atoms with van der Waals surface area (Å²) in [7, 11) is 4.28. The van der Waals surface area contributed by atoms with Crippen molar-refractivity contribution in [3.63, 3.8) is 0 Å². The van der Waals surface area contributed by atoms with Gasteiger partial charge in [-0.2, -0.15) is 5.06 Å². The molecule has 3 saturated carbocycles. The monoisotopic (exact) mass is 767 g/mol. The van der Waals surface area contributed by atoms with Crippen LogP contribution < -0.4 is 10.1 Å². The van der Waals surface area contributed by atoms with E-state index in [0.29, 0.717) is 48.7 Å². The van der Waals surface area contributed by atoms with Gasteiger partial charge in [0.25, 0.3) is 0 Å². The van der Waals surface area contributed by atoms with E-state index in [2.05, 4.69) is 100 Å². The topological polar surface area (TPSA) is 97.7 Å². The lowest BCUT2D eigenvalue weighted by atomic mass is 9.45. The average Bonchev–Trinajstić information content (AvgIpc) is 3.50. The lowest BCUT2D eigenvalue weighted by Gasteiger charge is -2.62. The lowest BCUT2D eigenvalue weighted by Crippen LogP contribution is -2.62. The number of fused-ring (bicyclic) bond motifs is 2. The number of nitrogens with one attached hydrogen (secondary N) is 1. The summed E-state index contributed by atoms with van der Waals surface area (Å²) in [6.07, 6.45) is 4.24. The number of hydrogen-bond acceptors (Lipinski definition) is 8. The number of aliphatic hydroxyl groups excluding tert-OH is 2. The molecule has 9 heteroatoms. The number of aliphatic hydroxyl groups is 2. The number of hydrogen-bond donors (Lipinski definition) is 3. The number of hydroxylamine groups is 2. The first-order chi connectivity index (χ1) is 26.7. The quantitative estimate of drug-likeness (QED) is 0.118. The van der Waals surface area contributed by atoms with Crippen LogP contribution in [0.25, 0.3) is 0 Å². The van der Waals surface area contributed by atoms with Crippen molar-refractivity contribution in [3.8, 4) is 11.5 Å². The van der Waals surface area contributed by atoms with Crippen molar-refractivity contribution in [3.05, 3.63) is 108 Å². The van der Waals surface area contributed by atoms with Crippen LogP contribution in [0, 0.1) is 35.0 Å². The summed E-state index contributed by atoms with van der Waals surface area (Å²) in [5.41, 5.74) is 3.60. The van der Waals surface area contributed by atoms with E-state index in [0.717, 1.165) is 53.8 Å². The maximum Gasteiger partial charge on any atom is 0.240 e. The largest absolute Gasteiger partial charge is 0.516 e. The number of benzene rings is 3. The summed E-state index contributed by atoms with van der Waals surface area (Å²) in [6, 6.07) is 26.4. The third kappa shape index (κ3) is 9.68. The Morgan fingerprint density at radius 3 is 2.38 bits per heavy atom. The molecule has 304 valence electrons. The van der Waals surface area contributed by atoms with Crippen LogP contribution in [0.5, 0.6) is 11.5 Å². The molecule has 1 aliphatic heterocycles. The van der Waals surface area contributed by atoms with E-state index in [-0.39, 0.29) is 18.0 Å². The Labute approximate surface area is 335 Å². The van der Waals surface area contributed by atoms with Crippen molar-refractivity contribution >= 4 is 5.91 Å². The second-order valence-corrected chi connectivity index (χ2v) is 18.1. The Kier molecular flexibility index (Phi) is 13.6. The summed E-state index contributed by atoms with van der Waals surface area (Å²) in [5, 5.41) is 26.0. The van der Waals surface area contributed by atoms with Crippen molar-refractivity contribution in [2.75, 3.05) is 20.6 Å². The Balaban J connectivity index is 1.25. The number of para-hydroxylation sites is 2.